The summed E-state index contributed by atoms with van der Waals surface area (Å²) in [7, 11) is 0. The van der Waals surface area contributed by atoms with Crippen molar-refractivity contribution in [1.82, 2.24) is 0 Å². The Morgan fingerprint density at radius 2 is 1.26 bits per heavy atom. The highest BCUT2D eigenvalue weighted by Gasteiger charge is 2.89. The fourth-order valence-electron chi connectivity index (χ4n) is 15.0. The Labute approximate surface area is 163 Å². The summed E-state index contributed by atoms with van der Waals surface area (Å²) in [6.07, 6.45) is 14.6. The molecule has 14 aliphatic rings. The lowest BCUT2D eigenvalue weighted by atomic mass is 9.12. The minimum Gasteiger partial charge on any atom is -0.375 e. The molecule has 27 heavy (non-hydrogen) atoms. The lowest BCUT2D eigenvalue weighted by molar-refractivity contribution is -0.453. The highest BCUT2D eigenvalue weighted by atomic mass is 16.5. The van der Waals surface area contributed by atoms with Gasteiger partial charge in [-0.2, -0.15) is 0 Å². The maximum Gasteiger partial charge on any atom is 0.0732 e. The van der Waals surface area contributed by atoms with Crippen LogP contribution in [0.2, 0.25) is 0 Å². The predicted molar refractivity (Wildman–Crippen MR) is 102 cm³/mol. The first kappa shape index (κ1) is 14.1. The highest BCUT2D eigenvalue weighted by Crippen LogP contribution is 2.94. The van der Waals surface area contributed by atoms with Crippen LogP contribution in [0.5, 0.6) is 0 Å². The molecule has 15 atom stereocenters. The molecule has 0 N–H and O–H groups in total. The Bertz CT molecular complexity index is 782. The summed E-state index contributed by atoms with van der Waals surface area (Å²) in [6, 6.07) is 0. The molecule has 14 fully saturated rings. The highest BCUT2D eigenvalue weighted by molar-refractivity contribution is 5.36. The summed E-state index contributed by atoms with van der Waals surface area (Å²) in [5.74, 6) is 12.9. The van der Waals surface area contributed by atoms with Crippen LogP contribution < -0.4 is 0 Å². The smallest absolute Gasteiger partial charge is 0.0732 e. The van der Waals surface area contributed by atoms with Gasteiger partial charge in [0.2, 0.25) is 0 Å². The van der Waals surface area contributed by atoms with Crippen molar-refractivity contribution in [3.05, 3.63) is 0 Å². The van der Waals surface area contributed by atoms with Gasteiger partial charge in [-0.05, 0) is 134 Å². The molecule has 2 spiro atoms. The molecular weight excluding hydrogens is 328 g/mol. The van der Waals surface area contributed by atoms with Gasteiger partial charge in [-0.25, -0.2) is 0 Å². The van der Waals surface area contributed by atoms with Crippen LogP contribution in [-0.4, -0.2) is 12.2 Å². The molecule has 1 heteroatoms. The van der Waals surface area contributed by atoms with Crippen molar-refractivity contribution in [2.24, 2.45) is 81.3 Å². The van der Waals surface area contributed by atoms with Crippen molar-refractivity contribution in [3.63, 3.8) is 0 Å². The normalized spacial score (nSPS) is 82.3. The van der Waals surface area contributed by atoms with Crippen molar-refractivity contribution in [1.29, 1.82) is 0 Å². The predicted octanol–water partition coefficient (Wildman–Crippen LogP) is 5.15. The van der Waals surface area contributed by atoms with E-state index in [0.29, 0.717) is 5.41 Å². The van der Waals surface area contributed by atoms with Crippen molar-refractivity contribution >= 4 is 0 Å². The molecule has 0 aromatic rings. The van der Waals surface area contributed by atoms with Gasteiger partial charge in [-0.3, -0.25) is 0 Å². The van der Waals surface area contributed by atoms with Crippen LogP contribution in [0.1, 0.15) is 64.7 Å². The van der Waals surface area contributed by atoms with Crippen molar-refractivity contribution in [2.75, 3.05) is 6.61 Å². The average molecular weight is 363 g/mol. The molecule has 144 valence electrons. The zero-order valence-corrected chi connectivity index (χ0v) is 16.8. The first-order valence-corrected chi connectivity index (χ1v) is 12.7. The fraction of sp³-hybridized carbons (Fsp3) is 1.00. The summed E-state index contributed by atoms with van der Waals surface area (Å²) in [6.45, 7) is 3.60. The van der Waals surface area contributed by atoms with Crippen LogP contribution in [0, 0.1) is 81.3 Å². The van der Waals surface area contributed by atoms with Crippen LogP contribution in [0.25, 0.3) is 0 Å². The molecular formula is C26H34O. The van der Waals surface area contributed by atoms with E-state index < -0.39 is 0 Å². The molecule has 13 saturated carbocycles. The van der Waals surface area contributed by atoms with E-state index in [0.717, 1.165) is 41.1 Å². The number of hydrogen-bond acceptors (Lipinski definition) is 1. The van der Waals surface area contributed by atoms with Gasteiger partial charge in [-0.1, -0.05) is 0 Å². The molecule has 7 unspecified atom stereocenters. The minimum absolute atomic E-state index is 0.266. The molecule has 13 aliphatic carbocycles. The first-order valence-electron chi connectivity index (χ1n) is 12.7. The summed E-state index contributed by atoms with van der Waals surface area (Å²) in [5, 5.41) is 0. The van der Waals surface area contributed by atoms with E-state index in [1.165, 1.54) is 47.8 Å². The van der Waals surface area contributed by atoms with Crippen LogP contribution in [-0.2, 0) is 4.74 Å². The molecule has 0 radical (unpaired) electrons. The molecule has 14 bridgehead atoms. The summed E-state index contributed by atoms with van der Waals surface area (Å²) >= 11 is 0. The molecule has 1 nitrogen and oxygen atoms in total. The van der Waals surface area contributed by atoms with Crippen molar-refractivity contribution < 1.29 is 4.74 Å². The zero-order chi connectivity index (χ0) is 17.1. The van der Waals surface area contributed by atoms with Gasteiger partial charge in [0.15, 0.2) is 0 Å². The van der Waals surface area contributed by atoms with E-state index in [9.17, 15) is 0 Å². The van der Waals surface area contributed by atoms with E-state index in [-0.39, 0.29) is 5.60 Å². The van der Waals surface area contributed by atoms with Crippen LogP contribution in [0.3, 0.4) is 0 Å². The molecule has 14 rings (SSSR count). The van der Waals surface area contributed by atoms with Crippen LogP contribution >= 0.6 is 0 Å². The largest absolute Gasteiger partial charge is 0.375 e. The SMILES string of the molecule is CC1(C23C[C@@H]4C5CC67CC8C[C@@H]9C%10CC(C2)([C@@H]4[C@H]6[C@H]%10C8)[C@@H]([C@H]97)[C@H]5C3)CCO1. The van der Waals surface area contributed by atoms with Gasteiger partial charge in [0.25, 0.3) is 0 Å². The standard InChI is InChI=1S/C26H34O/c1-23(2-3-27-23)24-7-17-16-9-25-6-12-4-13-15-10-26(11-24,21(17)19(13)25)22(18(16)8-24)20(25)14(15)5-12/h12-22H,2-11H2,1H3/t12?,13-,14+,15?,16?,17+,18-,19+,20-,21-,22+,23?,24?,25?,26?. The molecule has 1 saturated heterocycles. The van der Waals surface area contributed by atoms with E-state index in [1.54, 1.807) is 51.4 Å². The van der Waals surface area contributed by atoms with Crippen molar-refractivity contribution in [3.8, 4) is 0 Å². The second kappa shape index (κ2) is 3.50. The van der Waals surface area contributed by atoms with E-state index in [1.807, 2.05) is 0 Å². The van der Waals surface area contributed by atoms with Gasteiger partial charge < -0.3 is 4.74 Å². The third-order valence-corrected chi connectivity index (χ3v) is 14.6. The molecule has 0 amide bonds. The number of ether oxygens (including phenoxy) is 1. The Balaban J connectivity index is 1.26. The second-order valence-electron chi connectivity index (χ2n) is 14.2. The lowest BCUT2D eigenvalue weighted by Crippen LogP contribution is -2.87. The zero-order valence-electron chi connectivity index (χ0n) is 16.8. The fourth-order valence-corrected chi connectivity index (χ4v) is 15.0. The summed E-state index contributed by atoms with van der Waals surface area (Å²) in [5.41, 5.74) is 2.56. The van der Waals surface area contributed by atoms with Gasteiger partial charge in [0.05, 0.1) is 12.2 Å². The van der Waals surface area contributed by atoms with Gasteiger partial charge in [0, 0.05) is 11.8 Å². The average Bonchev–Trinajstić information content (AvgIpc) is 2.63. The van der Waals surface area contributed by atoms with E-state index in [2.05, 4.69) is 6.92 Å². The van der Waals surface area contributed by atoms with Gasteiger partial charge in [0.1, 0.15) is 0 Å². The minimum atomic E-state index is 0.266. The number of hydrogen-bond donors (Lipinski definition) is 0. The molecule has 1 heterocycles. The maximum atomic E-state index is 6.45. The lowest BCUT2D eigenvalue weighted by Gasteiger charge is -2.92. The summed E-state index contributed by atoms with van der Waals surface area (Å²) in [4.78, 5) is 0. The third kappa shape index (κ3) is 1.04. The summed E-state index contributed by atoms with van der Waals surface area (Å²) < 4.78 is 6.45. The Morgan fingerprint density at radius 1 is 0.667 bits per heavy atom. The van der Waals surface area contributed by atoms with Gasteiger partial charge in [-0.15, -0.1) is 0 Å². The molecule has 0 aromatic heterocycles. The molecule has 1 aliphatic heterocycles. The Hall–Kier alpha value is -0.0400. The van der Waals surface area contributed by atoms with E-state index in [4.69, 9.17) is 4.74 Å². The quantitative estimate of drug-likeness (QED) is 0.627. The van der Waals surface area contributed by atoms with Gasteiger partial charge >= 0.3 is 0 Å². The van der Waals surface area contributed by atoms with E-state index >= 15 is 0 Å². The topological polar surface area (TPSA) is 9.23 Å². The van der Waals surface area contributed by atoms with Crippen LogP contribution in [0.4, 0.5) is 0 Å². The monoisotopic (exact) mass is 362 g/mol. The third-order valence-electron chi connectivity index (χ3n) is 14.6. The second-order valence-corrected chi connectivity index (χ2v) is 14.2. The first-order chi connectivity index (χ1) is 13.1. The Morgan fingerprint density at radius 3 is 1.89 bits per heavy atom. The number of rotatable bonds is 1. The Kier molecular flexibility index (Phi) is 1.82. The molecule has 0 aromatic carbocycles. The van der Waals surface area contributed by atoms with Crippen LogP contribution in [0.15, 0.2) is 0 Å². The maximum absolute atomic E-state index is 6.45. The van der Waals surface area contributed by atoms with Crippen molar-refractivity contribution in [2.45, 2.75) is 70.3 Å².